The summed E-state index contributed by atoms with van der Waals surface area (Å²) in [5, 5.41) is 6.08. The number of nitrogens with one attached hydrogen (secondary N) is 2. The second-order valence-corrected chi connectivity index (χ2v) is 5.43. The fraction of sp³-hybridized carbons (Fsp3) is 0.368. The lowest BCUT2D eigenvalue weighted by Gasteiger charge is -2.09. The molecule has 0 spiro atoms. The number of hydrogen-bond donors (Lipinski definition) is 2. The van der Waals surface area contributed by atoms with Crippen molar-refractivity contribution in [3.8, 4) is 11.6 Å². The predicted octanol–water partition coefficient (Wildman–Crippen LogP) is 2.29. The van der Waals surface area contributed by atoms with Gasteiger partial charge >= 0.3 is 0 Å². The lowest BCUT2D eigenvalue weighted by Crippen LogP contribution is -2.28. The van der Waals surface area contributed by atoms with Gasteiger partial charge in [-0.1, -0.05) is 12.1 Å². The normalized spacial score (nSPS) is 10.3. The summed E-state index contributed by atoms with van der Waals surface area (Å²) in [6, 6.07) is 11.6. The van der Waals surface area contributed by atoms with Crippen molar-refractivity contribution in [3.63, 3.8) is 0 Å². The average molecular weight is 343 g/mol. The molecule has 0 saturated heterocycles. The van der Waals surface area contributed by atoms with Crippen LogP contribution >= 0.6 is 0 Å². The highest BCUT2D eigenvalue weighted by atomic mass is 16.5. The van der Waals surface area contributed by atoms with Gasteiger partial charge in [0.2, 0.25) is 5.88 Å². The van der Waals surface area contributed by atoms with Gasteiger partial charge in [-0.2, -0.15) is 0 Å². The number of benzene rings is 1. The maximum atomic E-state index is 11.4. The Hall–Kier alpha value is -2.60. The van der Waals surface area contributed by atoms with Crippen LogP contribution in [-0.4, -0.2) is 30.6 Å². The second-order valence-electron chi connectivity index (χ2n) is 5.43. The first-order chi connectivity index (χ1) is 12.2. The first-order valence-corrected chi connectivity index (χ1v) is 8.48. The number of nitrogens with zero attached hydrogens (tertiary/aromatic N) is 1. The van der Waals surface area contributed by atoms with Gasteiger partial charge in [-0.3, -0.25) is 4.79 Å². The van der Waals surface area contributed by atoms with Gasteiger partial charge in [0, 0.05) is 31.9 Å². The van der Waals surface area contributed by atoms with E-state index in [4.69, 9.17) is 9.47 Å². The molecule has 1 aromatic heterocycles. The minimum Gasteiger partial charge on any atom is -0.484 e. The molecule has 0 bridgehead atoms. The molecule has 0 aliphatic carbocycles. The number of rotatable bonds is 10. The highest BCUT2D eigenvalue weighted by molar-refractivity contribution is 5.77. The Balaban J connectivity index is 1.76. The Morgan fingerprint density at radius 1 is 1.04 bits per heavy atom. The number of aromatic nitrogens is 1. The molecule has 6 heteroatoms. The molecule has 2 rings (SSSR count). The summed E-state index contributed by atoms with van der Waals surface area (Å²) in [7, 11) is 0. The molecule has 0 radical (unpaired) electrons. The molecule has 1 heterocycles. The summed E-state index contributed by atoms with van der Waals surface area (Å²) < 4.78 is 10.8. The van der Waals surface area contributed by atoms with Crippen molar-refractivity contribution in [3.05, 3.63) is 53.7 Å². The van der Waals surface area contributed by atoms with E-state index in [-0.39, 0.29) is 12.5 Å². The van der Waals surface area contributed by atoms with Crippen LogP contribution in [-0.2, 0) is 17.9 Å². The fourth-order valence-electron chi connectivity index (χ4n) is 2.24. The summed E-state index contributed by atoms with van der Waals surface area (Å²) in [5.41, 5.74) is 2.27. The van der Waals surface area contributed by atoms with Crippen LogP contribution in [0.15, 0.2) is 42.6 Å². The fourth-order valence-corrected chi connectivity index (χ4v) is 2.24. The lowest BCUT2D eigenvalue weighted by atomic mass is 10.2. The first kappa shape index (κ1) is 18.7. The molecule has 2 N–H and O–H groups in total. The van der Waals surface area contributed by atoms with Gasteiger partial charge in [-0.15, -0.1) is 0 Å². The number of ether oxygens (including phenoxy) is 2. The van der Waals surface area contributed by atoms with Crippen molar-refractivity contribution in [2.75, 3.05) is 19.8 Å². The number of pyridine rings is 1. The highest BCUT2D eigenvalue weighted by Gasteiger charge is 2.02. The summed E-state index contributed by atoms with van der Waals surface area (Å²) in [5.74, 6) is 1.22. The van der Waals surface area contributed by atoms with Crippen molar-refractivity contribution < 1.29 is 14.3 Å². The molecule has 6 nitrogen and oxygen atoms in total. The van der Waals surface area contributed by atoms with Crippen LogP contribution in [0.4, 0.5) is 0 Å². The van der Waals surface area contributed by atoms with Gasteiger partial charge in [0.05, 0.1) is 6.61 Å². The number of amides is 1. The van der Waals surface area contributed by atoms with Gasteiger partial charge in [0.1, 0.15) is 5.75 Å². The second kappa shape index (κ2) is 10.3. The summed E-state index contributed by atoms with van der Waals surface area (Å²) >= 11 is 0. The third kappa shape index (κ3) is 6.81. The zero-order valence-electron chi connectivity index (χ0n) is 14.7. The van der Waals surface area contributed by atoms with E-state index in [1.165, 1.54) is 0 Å². The van der Waals surface area contributed by atoms with Crippen molar-refractivity contribution in [1.82, 2.24) is 15.6 Å². The molecule has 25 heavy (non-hydrogen) atoms. The first-order valence-electron chi connectivity index (χ1n) is 8.48. The van der Waals surface area contributed by atoms with Crippen LogP contribution in [0.25, 0.3) is 0 Å². The van der Waals surface area contributed by atoms with Crippen molar-refractivity contribution in [2.45, 2.75) is 26.9 Å². The van der Waals surface area contributed by atoms with Crippen LogP contribution < -0.4 is 20.1 Å². The smallest absolute Gasteiger partial charge is 0.257 e. The molecule has 0 unspecified atom stereocenters. The molecule has 0 fully saturated rings. The monoisotopic (exact) mass is 343 g/mol. The quantitative estimate of drug-likeness (QED) is 0.692. The summed E-state index contributed by atoms with van der Waals surface area (Å²) in [6.07, 6.45) is 1.75. The van der Waals surface area contributed by atoms with Crippen LogP contribution in [0, 0.1) is 0 Å². The van der Waals surface area contributed by atoms with E-state index in [0.717, 1.165) is 24.2 Å². The van der Waals surface area contributed by atoms with Gasteiger partial charge in [-0.25, -0.2) is 4.98 Å². The van der Waals surface area contributed by atoms with Crippen molar-refractivity contribution >= 4 is 5.91 Å². The topological polar surface area (TPSA) is 72.5 Å². The summed E-state index contributed by atoms with van der Waals surface area (Å²) in [6.45, 7) is 6.55. The number of likely N-dealkylation sites (N-methyl/N-ethyl adjacent to an activating group) is 1. The minimum atomic E-state index is -0.114. The van der Waals surface area contributed by atoms with E-state index in [1.807, 2.05) is 50.2 Å². The average Bonchev–Trinajstić information content (AvgIpc) is 2.62. The van der Waals surface area contributed by atoms with E-state index in [0.29, 0.717) is 24.8 Å². The molecule has 0 aliphatic heterocycles. The summed E-state index contributed by atoms with van der Waals surface area (Å²) in [4.78, 5) is 15.5. The maximum absolute atomic E-state index is 11.4. The Bertz CT molecular complexity index is 659. The molecule has 0 saturated carbocycles. The van der Waals surface area contributed by atoms with Gasteiger partial charge in [0.15, 0.2) is 6.61 Å². The standard InChI is InChI=1S/C19H25N3O3/c1-3-21-18(23)14-25-17-7-5-15(6-8-17)12-20-13-16-9-10-22-19(11-16)24-4-2/h5-11,20H,3-4,12-14H2,1-2H3,(H,21,23). The lowest BCUT2D eigenvalue weighted by molar-refractivity contribution is -0.122. The van der Waals surface area contributed by atoms with E-state index < -0.39 is 0 Å². The third-order valence-corrected chi connectivity index (χ3v) is 3.42. The number of carbonyl (C=O) groups excluding carboxylic acids is 1. The van der Waals surface area contributed by atoms with E-state index >= 15 is 0 Å². The predicted molar refractivity (Wildman–Crippen MR) is 96.6 cm³/mol. The van der Waals surface area contributed by atoms with Crippen LogP contribution in [0.3, 0.4) is 0 Å². The van der Waals surface area contributed by atoms with E-state index in [2.05, 4.69) is 15.6 Å². The van der Waals surface area contributed by atoms with E-state index in [9.17, 15) is 4.79 Å². The van der Waals surface area contributed by atoms with Gasteiger partial charge in [0.25, 0.3) is 5.91 Å². The van der Waals surface area contributed by atoms with E-state index in [1.54, 1.807) is 6.20 Å². The molecule has 1 amide bonds. The largest absolute Gasteiger partial charge is 0.484 e. The Morgan fingerprint density at radius 2 is 1.80 bits per heavy atom. The zero-order chi connectivity index (χ0) is 17.9. The molecule has 0 atom stereocenters. The maximum Gasteiger partial charge on any atom is 0.257 e. The minimum absolute atomic E-state index is 0.0373. The molecular weight excluding hydrogens is 318 g/mol. The number of carbonyl (C=O) groups is 1. The van der Waals surface area contributed by atoms with Crippen molar-refractivity contribution in [2.24, 2.45) is 0 Å². The third-order valence-electron chi connectivity index (χ3n) is 3.42. The molecule has 1 aromatic carbocycles. The van der Waals surface area contributed by atoms with Gasteiger partial charge in [-0.05, 0) is 43.2 Å². The van der Waals surface area contributed by atoms with Crippen LogP contribution in [0.1, 0.15) is 25.0 Å². The molecule has 134 valence electrons. The van der Waals surface area contributed by atoms with Crippen molar-refractivity contribution in [1.29, 1.82) is 0 Å². The van der Waals surface area contributed by atoms with Crippen LogP contribution in [0.5, 0.6) is 11.6 Å². The van der Waals surface area contributed by atoms with Crippen LogP contribution in [0.2, 0.25) is 0 Å². The zero-order valence-corrected chi connectivity index (χ0v) is 14.7. The SMILES string of the molecule is CCNC(=O)COc1ccc(CNCc2ccnc(OCC)c2)cc1. The number of hydrogen-bond acceptors (Lipinski definition) is 5. The molecular formula is C19H25N3O3. The molecule has 0 aliphatic rings. The Labute approximate surface area is 148 Å². The Morgan fingerprint density at radius 3 is 2.52 bits per heavy atom. The Kier molecular flexibility index (Phi) is 7.72. The highest BCUT2D eigenvalue weighted by Crippen LogP contribution is 2.13. The van der Waals surface area contributed by atoms with Gasteiger partial charge < -0.3 is 20.1 Å². The molecule has 2 aromatic rings.